The minimum Gasteiger partial charge on any atom is -0.317 e. The highest BCUT2D eigenvalue weighted by atomic mass is 16.1. The van der Waals surface area contributed by atoms with E-state index in [2.05, 4.69) is 0 Å². The van der Waals surface area contributed by atoms with E-state index in [0.717, 1.165) is 10.8 Å². The van der Waals surface area contributed by atoms with Crippen molar-refractivity contribution in [3.8, 4) is 0 Å². The number of nitrogens with zero attached hydrogens (tertiary/aromatic N) is 1. The van der Waals surface area contributed by atoms with Crippen molar-refractivity contribution in [1.82, 2.24) is 4.57 Å². The zero-order chi connectivity index (χ0) is 15.7. The Morgan fingerprint density at radius 3 is 2.55 bits per heavy atom. The van der Waals surface area contributed by atoms with Crippen LogP contribution in [0.4, 0.5) is 0 Å². The first-order chi connectivity index (χ1) is 10.6. The first kappa shape index (κ1) is 13.9. The average molecular weight is 291 g/mol. The Bertz CT molecular complexity index is 949. The Labute approximate surface area is 126 Å². The van der Waals surface area contributed by atoms with Gasteiger partial charge >= 0.3 is 0 Å². The molecule has 4 heteroatoms. The molecule has 0 radical (unpaired) electrons. The molecular formula is C18H13NO3. The van der Waals surface area contributed by atoms with Gasteiger partial charge in [0.15, 0.2) is 12.1 Å². The van der Waals surface area contributed by atoms with Gasteiger partial charge in [-0.3, -0.25) is 14.4 Å². The van der Waals surface area contributed by atoms with Gasteiger partial charge in [0.05, 0.1) is 5.56 Å². The number of fused-ring (bicyclic) bond motifs is 1. The zero-order valence-electron chi connectivity index (χ0n) is 11.9. The predicted molar refractivity (Wildman–Crippen MR) is 84.5 cm³/mol. The normalized spacial score (nSPS) is 10.6. The average Bonchev–Trinajstić information content (AvgIpc) is 2.56. The summed E-state index contributed by atoms with van der Waals surface area (Å²) in [6, 6.07) is 14.2. The largest absolute Gasteiger partial charge is 0.317 e. The van der Waals surface area contributed by atoms with E-state index in [0.29, 0.717) is 17.4 Å². The third-order valence-electron chi connectivity index (χ3n) is 3.62. The van der Waals surface area contributed by atoms with Gasteiger partial charge in [-0.25, -0.2) is 0 Å². The minimum absolute atomic E-state index is 0.00320. The fourth-order valence-corrected chi connectivity index (χ4v) is 2.53. The van der Waals surface area contributed by atoms with E-state index in [9.17, 15) is 14.4 Å². The molecule has 3 rings (SSSR count). The lowest BCUT2D eigenvalue weighted by Gasteiger charge is -2.07. The lowest BCUT2D eigenvalue weighted by atomic mass is 9.97. The Morgan fingerprint density at radius 1 is 1.05 bits per heavy atom. The number of rotatable bonds is 3. The summed E-state index contributed by atoms with van der Waals surface area (Å²) in [5.74, 6) is -0.374. The molecule has 0 N–H and O–H groups in total. The number of hydrogen-bond acceptors (Lipinski definition) is 3. The summed E-state index contributed by atoms with van der Waals surface area (Å²) in [5, 5.41) is 1.71. The van der Waals surface area contributed by atoms with Crippen LogP contribution in [0, 0.1) is 0 Å². The molecule has 0 saturated carbocycles. The molecule has 0 saturated heterocycles. The summed E-state index contributed by atoms with van der Waals surface area (Å²) in [5.41, 5.74) is 0.343. The molecular weight excluding hydrogens is 278 g/mol. The Balaban J connectivity index is 2.25. The minimum atomic E-state index is -0.413. The van der Waals surface area contributed by atoms with E-state index < -0.39 is 5.56 Å². The molecule has 0 spiro atoms. The van der Waals surface area contributed by atoms with Gasteiger partial charge in [0.1, 0.15) is 0 Å². The maximum absolute atomic E-state index is 12.8. The maximum Gasteiger partial charge on any atom is 0.261 e. The number of pyridine rings is 1. The number of ketones is 1. The molecule has 0 bridgehead atoms. The zero-order valence-corrected chi connectivity index (χ0v) is 11.9. The van der Waals surface area contributed by atoms with Gasteiger partial charge in [0, 0.05) is 24.4 Å². The number of aldehydes is 1. The second-order valence-electron chi connectivity index (χ2n) is 5.08. The van der Waals surface area contributed by atoms with Crippen molar-refractivity contribution in [2.24, 2.45) is 7.05 Å². The summed E-state index contributed by atoms with van der Waals surface area (Å²) in [4.78, 5) is 36.0. The molecule has 1 heterocycles. The summed E-state index contributed by atoms with van der Waals surface area (Å²) in [6.07, 6.45) is 2.04. The fraction of sp³-hybridized carbons (Fsp3) is 0.0556. The SMILES string of the molecule is Cn1cc(C=O)cc(C(=O)c2cccc3ccccc23)c1=O. The number of carbonyl (C=O) groups is 2. The van der Waals surface area contributed by atoms with Crippen LogP contribution in [-0.4, -0.2) is 16.6 Å². The van der Waals surface area contributed by atoms with Crippen LogP contribution in [0.3, 0.4) is 0 Å². The summed E-state index contributed by atoms with van der Waals surface area (Å²) >= 11 is 0. The predicted octanol–water partition coefficient (Wildman–Crippen LogP) is 2.58. The first-order valence-electron chi connectivity index (χ1n) is 6.80. The van der Waals surface area contributed by atoms with Crippen molar-refractivity contribution in [2.45, 2.75) is 0 Å². The molecule has 0 aliphatic heterocycles. The maximum atomic E-state index is 12.8. The molecule has 0 aliphatic carbocycles. The molecule has 22 heavy (non-hydrogen) atoms. The smallest absolute Gasteiger partial charge is 0.261 e. The second-order valence-corrected chi connectivity index (χ2v) is 5.08. The van der Waals surface area contributed by atoms with Gasteiger partial charge in [-0.1, -0.05) is 42.5 Å². The highest BCUT2D eigenvalue weighted by Gasteiger charge is 2.17. The van der Waals surface area contributed by atoms with Crippen molar-refractivity contribution >= 4 is 22.8 Å². The van der Waals surface area contributed by atoms with Crippen LogP contribution in [-0.2, 0) is 7.05 Å². The van der Waals surface area contributed by atoms with Crippen molar-refractivity contribution in [2.75, 3.05) is 0 Å². The fourth-order valence-electron chi connectivity index (χ4n) is 2.53. The topological polar surface area (TPSA) is 56.1 Å². The summed E-state index contributed by atoms with van der Waals surface area (Å²) in [6.45, 7) is 0. The van der Waals surface area contributed by atoms with Crippen LogP contribution < -0.4 is 5.56 Å². The molecule has 3 aromatic rings. The number of hydrogen-bond donors (Lipinski definition) is 0. The van der Waals surface area contributed by atoms with E-state index >= 15 is 0 Å². The van der Waals surface area contributed by atoms with E-state index in [-0.39, 0.29) is 11.3 Å². The molecule has 0 amide bonds. The lowest BCUT2D eigenvalue weighted by molar-refractivity contribution is 0.103. The van der Waals surface area contributed by atoms with E-state index in [1.807, 2.05) is 30.3 Å². The molecule has 108 valence electrons. The highest BCUT2D eigenvalue weighted by molar-refractivity contribution is 6.16. The van der Waals surface area contributed by atoms with Gasteiger partial charge < -0.3 is 4.57 Å². The molecule has 1 aromatic heterocycles. The van der Waals surface area contributed by atoms with Crippen LogP contribution in [0.5, 0.6) is 0 Å². The van der Waals surface area contributed by atoms with Crippen molar-refractivity contribution in [3.05, 3.63) is 81.8 Å². The van der Waals surface area contributed by atoms with E-state index in [1.165, 1.54) is 23.9 Å². The number of benzene rings is 2. The highest BCUT2D eigenvalue weighted by Crippen LogP contribution is 2.20. The van der Waals surface area contributed by atoms with Crippen LogP contribution >= 0.6 is 0 Å². The van der Waals surface area contributed by atoms with Crippen molar-refractivity contribution < 1.29 is 9.59 Å². The van der Waals surface area contributed by atoms with Crippen LogP contribution in [0.1, 0.15) is 26.3 Å². The van der Waals surface area contributed by atoms with Gasteiger partial charge in [-0.15, -0.1) is 0 Å². The first-order valence-corrected chi connectivity index (χ1v) is 6.80. The standard InChI is InChI=1S/C18H13NO3/c1-19-10-12(11-20)9-16(18(19)22)17(21)15-8-4-6-13-5-2-3-7-14(13)15/h2-11H,1H3. The van der Waals surface area contributed by atoms with Gasteiger partial charge in [-0.05, 0) is 16.8 Å². The molecule has 0 unspecified atom stereocenters. The van der Waals surface area contributed by atoms with Crippen molar-refractivity contribution in [1.29, 1.82) is 0 Å². The third-order valence-corrected chi connectivity index (χ3v) is 3.62. The molecule has 0 aliphatic rings. The van der Waals surface area contributed by atoms with Gasteiger partial charge in [0.2, 0.25) is 0 Å². The Kier molecular flexibility index (Phi) is 3.43. The Morgan fingerprint density at radius 2 is 1.77 bits per heavy atom. The third kappa shape index (κ3) is 2.24. The summed E-state index contributed by atoms with van der Waals surface area (Å²) in [7, 11) is 1.52. The number of carbonyl (C=O) groups excluding carboxylic acids is 2. The van der Waals surface area contributed by atoms with E-state index in [4.69, 9.17) is 0 Å². The molecule has 4 nitrogen and oxygen atoms in total. The van der Waals surface area contributed by atoms with Crippen LogP contribution in [0.25, 0.3) is 10.8 Å². The summed E-state index contributed by atoms with van der Waals surface area (Å²) < 4.78 is 1.25. The quantitative estimate of drug-likeness (QED) is 0.550. The number of aryl methyl sites for hydroxylation is 1. The van der Waals surface area contributed by atoms with Gasteiger partial charge in [0.25, 0.3) is 5.56 Å². The van der Waals surface area contributed by atoms with E-state index in [1.54, 1.807) is 12.1 Å². The second kappa shape index (κ2) is 5.41. The number of aromatic nitrogens is 1. The molecule has 0 fully saturated rings. The Hall–Kier alpha value is -3.01. The van der Waals surface area contributed by atoms with Crippen LogP contribution in [0.15, 0.2) is 59.5 Å². The molecule has 0 atom stereocenters. The lowest BCUT2D eigenvalue weighted by Crippen LogP contribution is -2.25. The van der Waals surface area contributed by atoms with Gasteiger partial charge in [-0.2, -0.15) is 0 Å². The molecule has 2 aromatic carbocycles. The van der Waals surface area contributed by atoms with Crippen LogP contribution in [0.2, 0.25) is 0 Å². The van der Waals surface area contributed by atoms with Crippen molar-refractivity contribution in [3.63, 3.8) is 0 Å². The monoisotopic (exact) mass is 291 g/mol.